The van der Waals surface area contributed by atoms with Gasteiger partial charge >= 0.3 is 0 Å². The van der Waals surface area contributed by atoms with Crippen LogP contribution in [0.1, 0.15) is 17.5 Å². The third-order valence-electron chi connectivity index (χ3n) is 1.92. The first-order chi connectivity index (χ1) is 6.25. The highest BCUT2D eigenvalue weighted by atomic mass is 79.9. The Morgan fingerprint density at radius 3 is 2.92 bits per heavy atom. The monoisotopic (exact) mass is 240 g/mol. The van der Waals surface area contributed by atoms with Gasteiger partial charge in [-0.15, -0.1) is 0 Å². The highest BCUT2D eigenvalue weighted by Gasteiger charge is 1.97. The molecule has 0 heterocycles. The summed E-state index contributed by atoms with van der Waals surface area (Å²) >= 11 is 3.36. The van der Waals surface area contributed by atoms with Gasteiger partial charge in [0.2, 0.25) is 0 Å². The van der Waals surface area contributed by atoms with Gasteiger partial charge in [-0.3, -0.25) is 0 Å². The van der Waals surface area contributed by atoms with E-state index >= 15 is 0 Å². The van der Waals surface area contributed by atoms with Gasteiger partial charge in [-0.2, -0.15) is 0 Å². The standard InChI is InChI=1S/C11H13BrO/c1-9-10(5-2-3-8-12)6-4-7-11(9)13/h2,4-7,13H,3,8H2,1H3. The Balaban J connectivity index is 2.83. The Bertz CT molecular complexity index is 305. The van der Waals surface area contributed by atoms with E-state index in [-0.39, 0.29) is 0 Å². The molecule has 1 aromatic carbocycles. The maximum absolute atomic E-state index is 9.41. The lowest BCUT2D eigenvalue weighted by molar-refractivity contribution is 0.471. The first-order valence-corrected chi connectivity index (χ1v) is 5.39. The van der Waals surface area contributed by atoms with E-state index < -0.39 is 0 Å². The molecule has 0 spiro atoms. The predicted molar refractivity (Wildman–Crippen MR) is 60.3 cm³/mol. The number of hydrogen-bond acceptors (Lipinski definition) is 1. The molecule has 0 saturated heterocycles. The molecule has 1 nitrogen and oxygen atoms in total. The van der Waals surface area contributed by atoms with Crippen LogP contribution in [0.3, 0.4) is 0 Å². The molecule has 0 aliphatic heterocycles. The topological polar surface area (TPSA) is 20.2 Å². The van der Waals surface area contributed by atoms with E-state index in [1.165, 1.54) is 0 Å². The molecule has 0 fully saturated rings. The summed E-state index contributed by atoms with van der Waals surface area (Å²) in [6.45, 7) is 1.92. The second-order valence-electron chi connectivity index (χ2n) is 2.87. The summed E-state index contributed by atoms with van der Waals surface area (Å²) in [5.74, 6) is 0.362. The van der Waals surface area contributed by atoms with E-state index in [2.05, 4.69) is 22.0 Å². The maximum atomic E-state index is 9.41. The van der Waals surface area contributed by atoms with Crippen molar-refractivity contribution in [3.63, 3.8) is 0 Å². The molecular formula is C11H13BrO. The second-order valence-corrected chi connectivity index (χ2v) is 3.66. The van der Waals surface area contributed by atoms with Crippen molar-refractivity contribution in [1.82, 2.24) is 0 Å². The van der Waals surface area contributed by atoms with Crippen LogP contribution in [0.25, 0.3) is 6.08 Å². The summed E-state index contributed by atoms with van der Waals surface area (Å²) in [5, 5.41) is 10.4. The van der Waals surface area contributed by atoms with Crippen molar-refractivity contribution in [2.24, 2.45) is 0 Å². The van der Waals surface area contributed by atoms with Crippen LogP contribution in [0.4, 0.5) is 0 Å². The summed E-state index contributed by atoms with van der Waals surface area (Å²) in [7, 11) is 0. The number of aromatic hydroxyl groups is 1. The molecule has 70 valence electrons. The molecule has 1 aromatic rings. The molecule has 1 N–H and O–H groups in total. The summed E-state index contributed by atoms with van der Waals surface area (Å²) in [5.41, 5.74) is 2.02. The molecule has 0 unspecified atom stereocenters. The number of alkyl halides is 1. The first-order valence-electron chi connectivity index (χ1n) is 4.27. The zero-order valence-corrected chi connectivity index (χ0v) is 9.21. The fourth-order valence-corrected chi connectivity index (χ4v) is 1.36. The molecule has 0 atom stereocenters. The van der Waals surface area contributed by atoms with Crippen LogP contribution in [0.15, 0.2) is 24.3 Å². The predicted octanol–water partition coefficient (Wildman–Crippen LogP) is 3.50. The van der Waals surface area contributed by atoms with Crippen molar-refractivity contribution in [2.75, 3.05) is 5.33 Å². The number of phenolic OH excluding ortho intramolecular Hbond substituents is 1. The van der Waals surface area contributed by atoms with Crippen LogP contribution in [-0.2, 0) is 0 Å². The molecule has 2 heteroatoms. The fraction of sp³-hybridized carbons (Fsp3) is 0.273. The normalized spacial score (nSPS) is 10.9. The Morgan fingerprint density at radius 2 is 2.23 bits per heavy atom. The van der Waals surface area contributed by atoms with Crippen LogP contribution in [-0.4, -0.2) is 10.4 Å². The number of benzene rings is 1. The third kappa shape index (κ3) is 2.88. The van der Waals surface area contributed by atoms with E-state index in [0.717, 1.165) is 22.9 Å². The van der Waals surface area contributed by atoms with Crippen LogP contribution in [0.2, 0.25) is 0 Å². The number of hydrogen-bond donors (Lipinski definition) is 1. The van der Waals surface area contributed by atoms with Gasteiger partial charge in [-0.1, -0.05) is 40.2 Å². The molecule has 0 amide bonds. The van der Waals surface area contributed by atoms with Gasteiger partial charge in [-0.05, 0) is 30.5 Å². The van der Waals surface area contributed by atoms with Crippen LogP contribution in [0.5, 0.6) is 5.75 Å². The van der Waals surface area contributed by atoms with Gasteiger partial charge in [0.1, 0.15) is 5.75 Å². The van der Waals surface area contributed by atoms with Crippen molar-refractivity contribution in [2.45, 2.75) is 13.3 Å². The molecule has 13 heavy (non-hydrogen) atoms. The van der Waals surface area contributed by atoms with Gasteiger partial charge in [0, 0.05) is 5.33 Å². The zero-order chi connectivity index (χ0) is 9.68. The van der Waals surface area contributed by atoms with E-state index in [1.54, 1.807) is 6.07 Å². The van der Waals surface area contributed by atoms with Gasteiger partial charge in [0.25, 0.3) is 0 Å². The molecule has 1 rings (SSSR count). The minimum Gasteiger partial charge on any atom is -0.508 e. The number of halogens is 1. The second kappa shape index (κ2) is 5.07. The minimum absolute atomic E-state index is 0.362. The molecule has 0 radical (unpaired) electrons. The van der Waals surface area contributed by atoms with Crippen LogP contribution >= 0.6 is 15.9 Å². The first kappa shape index (κ1) is 10.3. The highest BCUT2D eigenvalue weighted by molar-refractivity contribution is 9.09. The minimum atomic E-state index is 0.362. The number of phenols is 1. The van der Waals surface area contributed by atoms with Crippen molar-refractivity contribution in [3.05, 3.63) is 35.4 Å². The van der Waals surface area contributed by atoms with Crippen molar-refractivity contribution in [1.29, 1.82) is 0 Å². The van der Waals surface area contributed by atoms with Crippen LogP contribution in [0, 0.1) is 6.92 Å². The summed E-state index contributed by atoms with van der Waals surface area (Å²) < 4.78 is 0. The number of rotatable bonds is 3. The Hall–Kier alpha value is -0.760. The van der Waals surface area contributed by atoms with E-state index in [9.17, 15) is 5.11 Å². The molecule has 0 aliphatic rings. The molecule has 0 bridgehead atoms. The van der Waals surface area contributed by atoms with Gasteiger partial charge in [0.15, 0.2) is 0 Å². The van der Waals surface area contributed by atoms with E-state index in [0.29, 0.717) is 5.75 Å². The average molecular weight is 241 g/mol. The molecular weight excluding hydrogens is 228 g/mol. The van der Waals surface area contributed by atoms with E-state index in [1.807, 2.05) is 25.1 Å². The summed E-state index contributed by atoms with van der Waals surface area (Å²) in [4.78, 5) is 0. The largest absolute Gasteiger partial charge is 0.508 e. The molecule has 0 aliphatic carbocycles. The molecule has 0 aromatic heterocycles. The van der Waals surface area contributed by atoms with Gasteiger partial charge < -0.3 is 5.11 Å². The zero-order valence-electron chi connectivity index (χ0n) is 7.63. The summed E-state index contributed by atoms with van der Waals surface area (Å²) in [6.07, 6.45) is 5.14. The fourth-order valence-electron chi connectivity index (χ4n) is 1.09. The SMILES string of the molecule is Cc1c(O)cccc1C=CCCBr. The summed E-state index contributed by atoms with van der Waals surface area (Å²) in [6, 6.07) is 5.56. The Labute approximate surface area is 87.2 Å². The Kier molecular flexibility index (Phi) is 4.03. The van der Waals surface area contributed by atoms with Gasteiger partial charge in [-0.25, -0.2) is 0 Å². The Morgan fingerprint density at radius 1 is 1.46 bits per heavy atom. The average Bonchev–Trinajstić information content (AvgIpc) is 2.13. The number of allylic oxidation sites excluding steroid dienone is 1. The van der Waals surface area contributed by atoms with Crippen molar-refractivity contribution < 1.29 is 5.11 Å². The van der Waals surface area contributed by atoms with Crippen molar-refractivity contribution >= 4 is 22.0 Å². The lowest BCUT2D eigenvalue weighted by Crippen LogP contribution is -1.80. The molecule has 0 saturated carbocycles. The quantitative estimate of drug-likeness (QED) is 0.803. The lowest BCUT2D eigenvalue weighted by atomic mass is 10.1. The lowest BCUT2D eigenvalue weighted by Gasteiger charge is -2.01. The van der Waals surface area contributed by atoms with Gasteiger partial charge in [0.05, 0.1) is 0 Å². The highest BCUT2D eigenvalue weighted by Crippen LogP contribution is 2.20. The van der Waals surface area contributed by atoms with Crippen LogP contribution < -0.4 is 0 Å². The maximum Gasteiger partial charge on any atom is 0.119 e. The third-order valence-corrected chi connectivity index (χ3v) is 2.38. The van der Waals surface area contributed by atoms with Crippen molar-refractivity contribution in [3.8, 4) is 5.75 Å². The van der Waals surface area contributed by atoms with E-state index in [4.69, 9.17) is 0 Å². The smallest absolute Gasteiger partial charge is 0.119 e.